The van der Waals surface area contributed by atoms with Crippen LogP contribution in [-0.2, 0) is 0 Å². The van der Waals surface area contributed by atoms with Gasteiger partial charge in [-0.15, -0.1) is 11.8 Å². The molecule has 0 fully saturated rings. The van der Waals surface area contributed by atoms with Crippen molar-refractivity contribution in [2.75, 3.05) is 6.26 Å². The maximum Gasteiger partial charge on any atom is 0.355 e. The fraction of sp³-hybridized carbons (Fsp3) is 0.0769. The molecule has 0 radical (unpaired) electrons. The number of thioether (sulfide) groups is 1. The van der Waals surface area contributed by atoms with Gasteiger partial charge in [-0.05, 0) is 30.5 Å². The van der Waals surface area contributed by atoms with Crippen LogP contribution in [0.25, 0.3) is 11.3 Å². The summed E-state index contributed by atoms with van der Waals surface area (Å²) < 4.78 is 18.1. The molecule has 1 aromatic heterocycles. The van der Waals surface area contributed by atoms with Gasteiger partial charge in [0.15, 0.2) is 5.56 Å². The quantitative estimate of drug-likeness (QED) is 0.793. The van der Waals surface area contributed by atoms with E-state index in [4.69, 9.17) is 21.3 Å². The molecular weight excluding hydrogens is 289 g/mol. The van der Waals surface area contributed by atoms with Crippen LogP contribution in [-0.4, -0.2) is 6.26 Å². The van der Waals surface area contributed by atoms with E-state index in [-0.39, 0.29) is 16.3 Å². The fourth-order valence-electron chi connectivity index (χ4n) is 1.53. The van der Waals surface area contributed by atoms with E-state index >= 15 is 0 Å². The van der Waals surface area contributed by atoms with Gasteiger partial charge < -0.3 is 4.42 Å². The average Bonchev–Trinajstić information content (AvgIpc) is 2.40. The van der Waals surface area contributed by atoms with E-state index in [1.807, 2.05) is 0 Å². The highest BCUT2D eigenvalue weighted by molar-refractivity contribution is 7.98. The van der Waals surface area contributed by atoms with Gasteiger partial charge in [0.05, 0.1) is 5.02 Å². The average molecular weight is 296 g/mol. The van der Waals surface area contributed by atoms with Crippen LogP contribution >= 0.6 is 23.4 Å². The number of halogens is 2. The molecule has 19 heavy (non-hydrogen) atoms. The summed E-state index contributed by atoms with van der Waals surface area (Å²) in [6.07, 6.45) is 1.75. The molecule has 2 aromatic rings. The van der Waals surface area contributed by atoms with Crippen LogP contribution in [0.1, 0.15) is 5.56 Å². The molecule has 0 aliphatic rings. The number of hydrogen-bond acceptors (Lipinski definition) is 4. The van der Waals surface area contributed by atoms with Crippen LogP contribution in [0.3, 0.4) is 0 Å². The lowest BCUT2D eigenvalue weighted by atomic mass is 10.1. The highest BCUT2D eigenvalue weighted by Crippen LogP contribution is 2.28. The zero-order chi connectivity index (χ0) is 14.0. The summed E-state index contributed by atoms with van der Waals surface area (Å²) in [4.78, 5) is 12.2. The molecule has 0 spiro atoms. The van der Waals surface area contributed by atoms with E-state index in [1.54, 1.807) is 18.4 Å². The molecule has 0 aliphatic heterocycles. The molecule has 0 amide bonds. The Morgan fingerprint density at radius 2 is 2.16 bits per heavy atom. The van der Waals surface area contributed by atoms with Gasteiger partial charge in [-0.25, -0.2) is 9.18 Å². The van der Waals surface area contributed by atoms with Gasteiger partial charge in [0.1, 0.15) is 17.6 Å². The topological polar surface area (TPSA) is 54.0 Å². The first-order chi connectivity index (χ1) is 9.06. The predicted octanol–water partition coefficient (Wildman–Crippen LogP) is 3.69. The maximum atomic E-state index is 13.1. The lowest BCUT2D eigenvalue weighted by molar-refractivity contribution is 0.518. The molecule has 3 nitrogen and oxygen atoms in total. The lowest BCUT2D eigenvalue weighted by Gasteiger charge is -2.04. The van der Waals surface area contributed by atoms with Crippen molar-refractivity contribution < 1.29 is 8.81 Å². The molecule has 6 heteroatoms. The van der Waals surface area contributed by atoms with E-state index in [0.29, 0.717) is 10.5 Å². The molecule has 1 heterocycles. The Balaban J connectivity index is 2.64. The first-order valence-corrected chi connectivity index (χ1v) is 6.74. The molecule has 0 atom stereocenters. The standard InChI is InChI=1S/C13H7ClFNO2S/c1-19-12-5-11(18-13(17)8(12)6-16)7-2-3-10(15)9(14)4-7/h2-5H,1H3. The van der Waals surface area contributed by atoms with Crippen molar-refractivity contribution in [3.8, 4) is 17.4 Å². The number of nitrogens with zero attached hydrogens (tertiary/aromatic N) is 1. The molecule has 0 saturated heterocycles. The van der Waals surface area contributed by atoms with Crippen LogP contribution in [0, 0.1) is 17.1 Å². The minimum Gasteiger partial charge on any atom is -0.422 e. The molecule has 0 saturated carbocycles. The second kappa shape index (κ2) is 5.47. The van der Waals surface area contributed by atoms with Crippen LogP contribution in [0.5, 0.6) is 0 Å². The SMILES string of the molecule is CSc1cc(-c2ccc(F)c(Cl)c2)oc(=O)c1C#N. The van der Waals surface area contributed by atoms with Crippen LogP contribution < -0.4 is 5.63 Å². The first kappa shape index (κ1) is 13.7. The smallest absolute Gasteiger partial charge is 0.355 e. The van der Waals surface area contributed by atoms with Gasteiger partial charge in [-0.3, -0.25) is 0 Å². The summed E-state index contributed by atoms with van der Waals surface area (Å²) in [7, 11) is 0. The van der Waals surface area contributed by atoms with Crippen molar-refractivity contribution in [2.45, 2.75) is 4.90 Å². The largest absolute Gasteiger partial charge is 0.422 e. The Labute approximate surface area is 117 Å². The van der Waals surface area contributed by atoms with Crippen LogP contribution in [0.2, 0.25) is 5.02 Å². The highest BCUT2D eigenvalue weighted by atomic mass is 35.5. The van der Waals surface area contributed by atoms with Crippen molar-refractivity contribution >= 4 is 23.4 Å². The molecule has 0 bridgehead atoms. The van der Waals surface area contributed by atoms with Crippen molar-refractivity contribution in [3.63, 3.8) is 0 Å². The number of benzene rings is 1. The Kier molecular flexibility index (Phi) is 3.93. The van der Waals surface area contributed by atoms with E-state index in [1.165, 1.54) is 30.0 Å². The van der Waals surface area contributed by atoms with Crippen molar-refractivity contribution in [3.05, 3.63) is 51.1 Å². The summed E-state index contributed by atoms with van der Waals surface area (Å²) >= 11 is 6.94. The molecule has 96 valence electrons. The number of hydrogen-bond donors (Lipinski definition) is 0. The molecule has 0 unspecified atom stereocenters. The van der Waals surface area contributed by atoms with E-state index in [9.17, 15) is 9.18 Å². The summed E-state index contributed by atoms with van der Waals surface area (Å²) in [5.41, 5.74) is -0.280. The maximum absolute atomic E-state index is 13.1. The minimum absolute atomic E-state index is 0.0375. The number of rotatable bonds is 2. The Morgan fingerprint density at radius 3 is 2.74 bits per heavy atom. The summed E-state index contributed by atoms with van der Waals surface area (Å²) in [5, 5.41) is 8.82. The monoisotopic (exact) mass is 295 g/mol. The molecular formula is C13H7ClFNO2S. The molecule has 0 aliphatic carbocycles. The third-order valence-electron chi connectivity index (χ3n) is 2.45. The zero-order valence-corrected chi connectivity index (χ0v) is 11.3. The predicted molar refractivity (Wildman–Crippen MR) is 71.9 cm³/mol. The lowest BCUT2D eigenvalue weighted by Crippen LogP contribution is -2.06. The zero-order valence-electron chi connectivity index (χ0n) is 9.74. The van der Waals surface area contributed by atoms with Gasteiger partial charge in [0.2, 0.25) is 0 Å². The summed E-state index contributed by atoms with van der Waals surface area (Å²) in [6.45, 7) is 0. The molecule has 0 N–H and O–H groups in total. The second-order valence-corrected chi connectivity index (χ2v) is 4.84. The summed E-state index contributed by atoms with van der Waals surface area (Å²) in [5.74, 6) is -0.304. The first-order valence-electron chi connectivity index (χ1n) is 5.14. The third-order valence-corrected chi connectivity index (χ3v) is 3.50. The summed E-state index contributed by atoms with van der Waals surface area (Å²) in [6, 6.07) is 7.37. The Hall–Kier alpha value is -1.77. The third kappa shape index (κ3) is 2.65. The van der Waals surface area contributed by atoms with E-state index in [0.717, 1.165) is 0 Å². The Bertz CT molecular complexity index is 736. The fourth-order valence-corrected chi connectivity index (χ4v) is 2.26. The molecule has 2 rings (SSSR count). The van der Waals surface area contributed by atoms with E-state index in [2.05, 4.69) is 0 Å². The van der Waals surface area contributed by atoms with Gasteiger partial charge in [-0.1, -0.05) is 11.6 Å². The van der Waals surface area contributed by atoms with Gasteiger partial charge >= 0.3 is 5.63 Å². The number of nitriles is 1. The van der Waals surface area contributed by atoms with E-state index < -0.39 is 11.4 Å². The molecule has 1 aromatic carbocycles. The van der Waals surface area contributed by atoms with Crippen LogP contribution in [0.15, 0.2) is 38.4 Å². The van der Waals surface area contributed by atoms with Crippen LogP contribution in [0.4, 0.5) is 4.39 Å². The normalized spacial score (nSPS) is 10.2. The van der Waals surface area contributed by atoms with Gasteiger partial charge in [-0.2, -0.15) is 5.26 Å². The highest BCUT2D eigenvalue weighted by Gasteiger charge is 2.13. The van der Waals surface area contributed by atoms with Crippen molar-refractivity contribution in [2.24, 2.45) is 0 Å². The Morgan fingerprint density at radius 1 is 1.42 bits per heavy atom. The minimum atomic E-state index is -0.718. The van der Waals surface area contributed by atoms with Crippen molar-refractivity contribution in [1.82, 2.24) is 0 Å². The second-order valence-electron chi connectivity index (χ2n) is 3.58. The van der Waals surface area contributed by atoms with Gasteiger partial charge in [0, 0.05) is 10.5 Å². The van der Waals surface area contributed by atoms with Gasteiger partial charge in [0.25, 0.3) is 0 Å². The van der Waals surface area contributed by atoms with Crippen molar-refractivity contribution in [1.29, 1.82) is 5.26 Å².